The first kappa shape index (κ1) is 15.9. The zero-order chi connectivity index (χ0) is 14.6. The molecule has 1 fully saturated rings. The average Bonchev–Trinajstić information content (AvgIpc) is 2.60. The molecule has 1 aromatic rings. The topological polar surface area (TPSA) is 58.2 Å². The quantitative estimate of drug-likeness (QED) is 0.821. The van der Waals surface area contributed by atoms with Crippen LogP contribution in [0, 0.1) is 6.92 Å². The maximum atomic E-state index is 12.5. The molecule has 1 aliphatic carbocycles. The van der Waals surface area contributed by atoms with Crippen LogP contribution < -0.4 is 10.0 Å². The molecule has 0 aromatic carbocycles. The van der Waals surface area contributed by atoms with Gasteiger partial charge in [0, 0.05) is 22.3 Å². The Balaban J connectivity index is 2.12. The summed E-state index contributed by atoms with van der Waals surface area (Å²) in [5.41, 5.74) is 0. The molecule has 0 saturated heterocycles. The fourth-order valence-corrected chi connectivity index (χ4v) is 5.68. The molecule has 114 valence electrons. The van der Waals surface area contributed by atoms with Gasteiger partial charge in [-0.2, -0.15) is 0 Å². The number of aryl methyl sites for hydroxylation is 1. The summed E-state index contributed by atoms with van der Waals surface area (Å²) in [5, 5.41) is 3.06. The Morgan fingerprint density at radius 3 is 2.50 bits per heavy atom. The molecule has 1 aromatic heterocycles. The van der Waals surface area contributed by atoms with Crippen LogP contribution in [0.3, 0.4) is 0 Å². The van der Waals surface area contributed by atoms with E-state index in [2.05, 4.69) is 10.0 Å². The highest BCUT2D eigenvalue weighted by Gasteiger charge is 2.24. The zero-order valence-corrected chi connectivity index (χ0v) is 13.9. The summed E-state index contributed by atoms with van der Waals surface area (Å²) in [4.78, 5) is 2.39. The van der Waals surface area contributed by atoms with E-state index < -0.39 is 10.0 Å². The van der Waals surface area contributed by atoms with Gasteiger partial charge in [0.15, 0.2) is 0 Å². The summed E-state index contributed by atoms with van der Waals surface area (Å²) in [6.45, 7) is 2.59. The van der Waals surface area contributed by atoms with Gasteiger partial charge in [0.2, 0.25) is 10.0 Å². The second kappa shape index (κ2) is 7.02. The molecule has 0 unspecified atom stereocenters. The van der Waals surface area contributed by atoms with Crippen LogP contribution in [0.2, 0.25) is 0 Å². The van der Waals surface area contributed by atoms with Gasteiger partial charge in [0.25, 0.3) is 0 Å². The van der Waals surface area contributed by atoms with E-state index in [9.17, 15) is 8.42 Å². The van der Waals surface area contributed by atoms with Crippen molar-refractivity contribution in [1.29, 1.82) is 0 Å². The van der Waals surface area contributed by atoms with Gasteiger partial charge in [0.05, 0.1) is 4.90 Å². The van der Waals surface area contributed by atoms with Crippen molar-refractivity contribution in [3.8, 4) is 0 Å². The highest BCUT2D eigenvalue weighted by atomic mass is 32.2. The van der Waals surface area contributed by atoms with Gasteiger partial charge in [-0.05, 0) is 32.9 Å². The standard InChI is InChI=1S/C14H24N2O2S2/c1-11-14(9-13(19-11)10-15-2)20(17,18)16-12-7-5-3-4-6-8-12/h9,12,15-16H,3-8,10H2,1-2H3. The molecule has 2 N–H and O–H groups in total. The van der Waals surface area contributed by atoms with Gasteiger partial charge in [-0.3, -0.25) is 0 Å². The monoisotopic (exact) mass is 316 g/mol. The van der Waals surface area contributed by atoms with Gasteiger partial charge in [-0.25, -0.2) is 13.1 Å². The molecule has 0 amide bonds. The third-order valence-electron chi connectivity index (χ3n) is 3.74. The van der Waals surface area contributed by atoms with Crippen molar-refractivity contribution in [3.63, 3.8) is 0 Å². The Morgan fingerprint density at radius 1 is 1.25 bits per heavy atom. The van der Waals surface area contributed by atoms with Crippen molar-refractivity contribution in [2.24, 2.45) is 0 Å². The summed E-state index contributed by atoms with van der Waals surface area (Å²) < 4.78 is 28.0. The van der Waals surface area contributed by atoms with E-state index >= 15 is 0 Å². The Hall–Kier alpha value is -0.430. The van der Waals surface area contributed by atoms with E-state index in [0.29, 0.717) is 11.4 Å². The first-order valence-electron chi connectivity index (χ1n) is 7.29. The summed E-state index contributed by atoms with van der Waals surface area (Å²) >= 11 is 1.55. The van der Waals surface area contributed by atoms with Crippen LogP contribution in [0.15, 0.2) is 11.0 Å². The minimum Gasteiger partial charge on any atom is -0.315 e. The number of hydrogen-bond donors (Lipinski definition) is 2. The number of nitrogens with one attached hydrogen (secondary N) is 2. The van der Waals surface area contributed by atoms with Crippen LogP contribution in [0.1, 0.15) is 48.3 Å². The van der Waals surface area contributed by atoms with Crippen LogP contribution in [-0.2, 0) is 16.6 Å². The molecule has 4 nitrogen and oxygen atoms in total. The molecule has 2 rings (SSSR count). The molecule has 0 spiro atoms. The molecule has 0 aliphatic heterocycles. The van der Waals surface area contributed by atoms with Crippen molar-refractivity contribution >= 4 is 21.4 Å². The van der Waals surface area contributed by atoms with E-state index in [0.717, 1.165) is 35.4 Å². The number of thiophene rings is 1. The van der Waals surface area contributed by atoms with Crippen LogP contribution in [-0.4, -0.2) is 21.5 Å². The highest BCUT2D eigenvalue weighted by molar-refractivity contribution is 7.89. The molecule has 1 heterocycles. The predicted molar refractivity (Wildman–Crippen MR) is 83.6 cm³/mol. The van der Waals surface area contributed by atoms with E-state index in [4.69, 9.17) is 0 Å². The Bertz CT molecular complexity index is 529. The van der Waals surface area contributed by atoms with Crippen molar-refractivity contribution in [3.05, 3.63) is 15.8 Å². The van der Waals surface area contributed by atoms with E-state index in [1.54, 1.807) is 17.4 Å². The largest absolute Gasteiger partial charge is 0.315 e. The average molecular weight is 316 g/mol. The second-order valence-corrected chi connectivity index (χ2v) is 8.50. The van der Waals surface area contributed by atoms with Crippen LogP contribution in [0.4, 0.5) is 0 Å². The Kier molecular flexibility index (Phi) is 5.60. The van der Waals surface area contributed by atoms with Crippen molar-refractivity contribution in [1.82, 2.24) is 10.0 Å². The number of sulfonamides is 1. The Labute approximate surface area is 126 Å². The minimum absolute atomic E-state index is 0.106. The zero-order valence-electron chi connectivity index (χ0n) is 12.2. The highest BCUT2D eigenvalue weighted by Crippen LogP contribution is 2.27. The lowest BCUT2D eigenvalue weighted by atomic mass is 10.1. The molecule has 1 aliphatic rings. The molecular weight excluding hydrogens is 292 g/mol. The normalized spacial score (nSPS) is 18.1. The third kappa shape index (κ3) is 4.04. The van der Waals surface area contributed by atoms with Gasteiger partial charge in [-0.15, -0.1) is 11.3 Å². The predicted octanol–water partition coefficient (Wildman–Crippen LogP) is 2.78. The molecule has 0 radical (unpaired) electrons. The summed E-state index contributed by atoms with van der Waals surface area (Å²) in [6.07, 6.45) is 6.63. The van der Waals surface area contributed by atoms with Crippen molar-refractivity contribution < 1.29 is 8.42 Å². The lowest BCUT2D eigenvalue weighted by Gasteiger charge is -2.16. The fourth-order valence-electron chi connectivity index (χ4n) is 2.73. The molecule has 20 heavy (non-hydrogen) atoms. The van der Waals surface area contributed by atoms with E-state index in [1.165, 1.54) is 12.8 Å². The van der Waals surface area contributed by atoms with Crippen LogP contribution >= 0.6 is 11.3 Å². The SMILES string of the molecule is CNCc1cc(S(=O)(=O)NC2CCCCCC2)c(C)s1. The van der Waals surface area contributed by atoms with Crippen molar-refractivity contribution in [2.75, 3.05) is 7.05 Å². The van der Waals surface area contributed by atoms with Gasteiger partial charge in [0.1, 0.15) is 0 Å². The fraction of sp³-hybridized carbons (Fsp3) is 0.714. The third-order valence-corrected chi connectivity index (χ3v) is 6.57. The van der Waals surface area contributed by atoms with E-state index in [-0.39, 0.29) is 6.04 Å². The Morgan fingerprint density at radius 2 is 1.90 bits per heavy atom. The first-order valence-corrected chi connectivity index (χ1v) is 9.59. The minimum atomic E-state index is -3.37. The molecule has 0 atom stereocenters. The summed E-state index contributed by atoms with van der Waals surface area (Å²) in [5.74, 6) is 0. The van der Waals surface area contributed by atoms with Crippen molar-refractivity contribution in [2.45, 2.75) is 62.9 Å². The van der Waals surface area contributed by atoms with Gasteiger partial charge >= 0.3 is 0 Å². The second-order valence-electron chi connectivity index (χ2n) is 5.47. The molecule has 1 saturated carbocycles. The maximum Gasteiger partial charge on any atom is 0.241 e. The lowest BCUT2D eigenvalue weighted by molar-refractivity contribution is 0.510. The lowest BCUT2D eigenvalue weighted by Crippen LogP contribution is -2.34. The molecule has 0 bridgehead atoms. The first-order chi connectivity index (χ1) is 9.53. The molecular formula is C14H24N2O2S2. The summed E-state index contributed by atoms with van der Waals surface area (Å²) in [7, 11) is -1.50. The van der Waals surface area contributed by atoms with E-state index in [1.807, 2.05) is 14.0 Å². The van der Waals surface area contributed by atoms with Crippen LogP contribution in [0.25, 0.3) is 0 Å². The number of hydrogen-bond acceptors (Lipinski definition) is 4. The smallest absolute Gasteiger partial charge is 0.241 e. The maximum absolute atomic E-state index is 12.5. The van der Waals surface area contributed by atoms with Gasteiger partial charge < -0.3 is 5.32 Å². The van der Waals surface area contributed by atoms with Gasteiger partial charge in [-0.1, -0.05) is 25.7 Å². The number of rotatable bonds is 5. The van der Waals surface area contributed by atoms with Crippen LogP contribution in [0.5, 0.6) is 0 Å². The summed E-state index contributed by atoms with van der Waals surface area (Å²) in [6, 6.07) is 1.91. The molecule has 6 heteroatoms.